The Kier molecular flexibility index (Phi) is 10.4. The molecular weight excluding hydrogens is 483 g/mol. The van der Waals surface area contributed by atoms with Crippen molar-refractivity contribution in [2.45, 2.75) is 13.8 Å². The van der Waals surface area contributed by atoms with E-state index in [0.717, 1.165) is 44.1 Å². The molecular formula is C22H22Cl2FeN2O2S. The van der Waals surface area contributed by atoms with Crippen molar-refractivity contribution in [3.8, 4) is 11.5 Å². The van der Waals surface area contributed by atoms with Gasteiger partial charge in [-0.1, -0.05) is 24.3 Å². The SMILES string of the molecule is COc1ccccc1N=C(C)c1ccc(C(C)=Nc2ccccc2OC)s1.[Cl][Fe][Cl]. The molecule has 0 aliphatic heterocycles. The van der Waals surface area contributed by atoms with Crippen molar-refractivity contribution in [2.24, 2.45) is 9.98 Å². The van der Waals surface area contributed by atoms with Crippen molar-refractivity contribution >= 4 is 54.3 Å². The van der Waals surface area contributed by atoms with E-state index in [0.29, 0.717) is 0 Å². The molecule has 4 nitrogen and oxygen atoms in total. The maximum absolute atomic E-state index is 5.38. The van der Waals surface area contributed by atoms with Crippen molar-refractivity contribution in [3.63, 3.8) is 0 Å². The van der Waals surface area contributed by atoms with Gasteiger partial charge in [-0.3, -0.25) is 0 Å². The first kappa shape index (κ1) is 24.4. The maximum atomic E-state index is 5.38. The van der Waals surface area contributed by atoms with Crippen LogP contribution in [0.5, 0.6) is 11.5 Å². The van der Waals surface area contributed by atoms with Crippen LogP contribution in [-0.2, 0) is 13.1 Å². The van der Waals surface area contributed by atoms with Crippen LogP contribution in [-0.4, -0.2) is 25.6 Å². The average molecular weight is 505 g/mol. The summed E-state index contributed by atoms with van der Waals surface area (Å²) in [6.07, 6.45) is 0. The Bertz CT molecular complexity index is 944. The molecule has 30 heavy (non-hydrogen) atoms. The van der Waals surface area contributed by atoms with E-state index in [-0.39, 0.29) is 13.1 Å². The van der Waals surface area contributed by atoms with Gasteiger partial charge < -0.3 is 9.47 Å². The Morgan fingerprint density at radius 3 is 1.47 bits per heavy atom. The molecule has 2 aromatic carbocycles. The molecule has 0 saturated heterocycles. The van der Waals surface area contributed by atoms with Gasteiger partial charge in [-0.25, -0.2) is 9.98 Å². The summed E-state index contributed by atoms with van der Waals surface area (Å²) in [5, 5.41) is 0. The number of ether oxygens (including phenoxy) is 2. The predicted molar refractivity (Wildman–Crippen MR) is 126 cm³/mol. The molecule has 0 fully saturated rings. The number of thiophene rings is 1. The topological polar surface area (TPSA) is 43.2 Å². The van der Waals surface area contributed by atoms with E-state index in [1.165, 1.54) is 0 Å². The zero-order valence-corrected chi connectivity index (χ0v) is 20.4. The number of nitrogens with zero attached hydrogens (tertiary/aromatic N) is 2. The van der Waals surface area contributed by atoms with Crippen LogP contribution in [0.15, 0.2) is 70.6 Å². The Balaban J connectivity index is 0.00000101. The molecule has 0 aliphatic rings. The fourth-order valence-corrected chi connectivity index (χ4v) is 3.54. The van der Waals surface area contributed by atoms with Crippen LogP contribution in [0.25, 0.3) is 0 Å². The summed E-state index contributed by atoms with van der Waals surface area (Å²) in [6.45, 7) is 4.02. The Morgan fingerprint density at radius 1 is 0.733 bits per heavy atom. The van der Waals surface area contributed by atoms with Crippen molar-refractivity contribution in [1.29, 1.82) is 0 Å². The number of rotatable bonds is 6. The van der Waals surface area contributed by atoms with Gasteiger partial charge in [0.2, 0.25) is 0 Å². The van der Waals surface area contributed by atoms with E-state index in [1.54, 1.807) is 25.6 Å². The summed E-state index contributed by atoms with van der Waals surface area (Å²) < 4.78 is 10.8. The van der Waals surface area contributed by atoms with Crippen LogP contribution in [0.4, 0.5) is 11.4 Å². The molecule has 0 spiro atoms. The number of halogens is 2. The molecule has 0 radical (unpaired) electrons. The predicted octanol–water partition coefficient (Wildman–Crippen LogP) is 7.42. The third kappa shape index (κ3) is 6.86. The van der Waals surface area contributed by atoms with Crippen molar-refractivity contribution in [1.82, 2.24) is 0 Å². The third-order valence-electron chi connectivity index (χ3n) is 4.07. The van der Waals surface area contributed by atoms with Crippen molar-refractivity contribution in [3.05, 3.63) is 70.4 Å². The van der Waals surface area contributed by atoms with E-state index in [9.17, 15) is 0 Å². The van der Waals surface area contributed by atoms with Crippen LogP contribution in [0, 0.1) is 0 Å². The molecule has 1 heterocycles. The van der Waals surface area contributed by atoms with Crippen LogP contribution in [0.1, 0.15) is 23.6 Å². The first-order valence-corrected chi connectivity index (χ1v) is 12.7. The second-order valence-corrected chi connectivity index (χ2v) is 8.86. The van der Waals surface area contributed by atoms with Crippen molar-refractivity contribution in [2.75, 3.05) is 14.2 Å². The Morgan fingerprint density at radius 2 is 1.10 bits per heavy atom. The van der Waals surface area contributed by atoms with Crippen LogP contribution in [0.3, 0.4) is 0 Å². The second kappa shape index (κ2) is 12.8. The molecule has 0 aliphatic carbocycles. The zero-order valence-electron chi connectivity index (χ0n) is 17.0. The summed E-state index contributed by atoms with van der Waals surface area (Å²) in [5.74, 6) is 1.53. The number of hydrogen-bond donors (Lipinski definition) is 0. The Hall–Kier alpha value is -1.82. The molecule has 0 amide bonds. The van der Waals surface area contributed by atoms with E-state index in [2.05, 4.69) is 12.1 Å². The van der Waals surface area contributed by atoms with E-state index >= 15 is 0 Å². The van der Waals surface area contributed by atoms with Gasteiger partial charge in [-0.2, -0.15) is 0 Å². The van der Waals surface area contributed by atoms with Gasteiger partial charge in [0.15, 0.2) is 0 Å². The quantitative estimate of drug-likeness (QED) is 0.259. The van der Waals surface area contributed by atoms with Gasteiger partial charge in [0.25, 0.3) is 0 Å². The number of hydrogen-bond acceptors (Lipinski definition) is 5. The summed E-state index contributed by atoms with van der Waals surface area (Å²) in [6, 6.07) is 19.7. The van der Waals surface area contributed by atoms with Gasteiger partial charge in [0, 0.05) is 9.75 Å². The minimum absolute atomic E-state index is 0.194. The number of aliphatic imine (C=N–C) groups is 2. The van der Waals surface area contributed by atoms with Gasteiger partial charge >= 0.3 is 33.3 Å². The molecule has 0 atom stereocenters. The number of benzene rings is 2. The molecule has 3 rings (SSSR count). The molecule has 8 heteroatoms. The summed E-state index contributed by atoms with van der Waals surface area (Å²) in [7, 11) is 12.8. The molecule has 0 N–H and O–H groups in total. The third-order valence-corrected chi connectivity index (χ3v) is 5.37. The van der Waals surface area contributed by atoms with Crippen LogP contribution >= 0.6 is 31.5 Å². The number of methoxy groups -OCH3 is 2. The monoisotopic (exact) mass is 504 g/mol. The second-order valence-electron chi connectivity index (χ2n) is 5.95. The van der Waals surface area contributed by atoms with Gasteiger partial charge in [0.05, 0.1) is 25.6 Å². The van der Waals surface area contributed by atoms with Gasteiger partial charge in [0.1, 0.15) is 22.9 Å². The normalized spacial score (nSPS) is 11.7. The van der Waals surface area contributed by atoms with Crippen LogP contribution < -0.4 is 9.47 Å². The first-order valence-electron chi connectivity index (χ1n) is 8.86. The van der Waals surface area contributed by atoms with Gasteiger partial charge in [-0.15, -0.1) is 11.3 Å². The standard InChI is InChI=1S/C22H22N2O2S.2ClH.Fe/c1-15(23-17-9-5-7-11-19(17)25-3)21-13-14-22(27-21)16(2)24-18-10-6-8-12-20(18)26-4;;;/h5-14H,1-4H3;2*1H;/q;;;+2/p-2. The summed E-state index contributed by atoms with van der Waals surface area (Å²) >= 11 is 1.87. The molecule has 0 saturated carbocycles. The average Bonchev–Trinajstić information content (AvgIpc) is 3.26. The molecule has 0 unspecified atom stereocenters. The Labute approximate surface area is 196 Å². The zero-order chi connectivity index (χ0) is 21.9. The molecule has 0 bridgehead atoms. The molecule has 160 valence electrons. The van der Waals surface area contributed by atoms with Gasteiger partial charge in [-0.05, 0) is 50.2 Å². The molecule has 3 aromatic rings. The fraction of sp³-hybridized carbons (Fsp3) is 0.182. The van der Waals surface area contributed by atoms with E-state index < -0.39 is 0 Å². The first-order chi connectivity index (χ1) is 14.5. The van der Waals surface area contributed by atoms with Crippen LogP contribution in [0.2, 0.25) is 0 Å². The van der Waals surface area contributed by atoms with E-state index in [1.807, 2.05) is 62.4 Å². The van der Waals surface area contributed by atoms with E-state index in [4.69, 9.17) is 39.7 Å². The fourth-order valence-electron chi connectivity index (χ4n) is 2.64. The van der Waals surface area contributed by atoms with Crippen molar-refractivity contribution < 1.29 is 22.6 Å². The molecule has 1 aromatic heterocycles. The minimum atomic E-state index is 0.194. The number of para-hydroxylation sites is 4. The summed E-state index contributed by atoms with van der Waals surface area (Å²) in [4.78, 5) is 11.7. The summed E-state index contributed by atoms with van der Waals surface area (Å²) in [5.41, 5.74) is 3.54.